The van der Waals surface area contributed by atoms with E-state index in [4.69, 9.17) is 16.3 Å². The van der Waals surface area contributed by atoms with Gasteiger partial charge in [0.15, 0.2) is 0 Å². The Bertz CT molecular complexity index is 755. The highest BCUT2D eigenvalue weighted by Gasteiger charge is 2.30. The van der Waals surface area contributed by atoms with Crippen LogP contribution in [0.25, 0.3) is 0 Å². The first kappa shape index (κ1) is 22.0. The maximum Gasteiger partial charge on any atom is 0.243 e. The number of amides is 1. The van der Waals surface area contributed by atoms with Crippen LogP contribution in [0.2, 0.25) is 5.02 Å². The average molecular weight is 422 g/mol. The molecule has 0 saturated carbocycles. The first-order valence-corrected chi connectivity index (χ1v) is 10.5. The summed E-state index contributed by atoms with van der Waals surface area (Å²) in [6.07, 6.45) is 0.840. The number of nitrogens with zero attached hydrogens (tertiary/aromatic N) is 3. The Morgan fingerprint density at radius 2 is 1.96 bits per heavy atom. The highest BCUT2D eigenvalue weighted by molar-refractivity contribution is 7.89. The Hall–Kier alpha value is -1.26. The molecule has 1 aliphatic rings. The van der Waals surface area contributed by atoms with Crippen LogP contribution in [0.4, 0.5) is 4.39 Å². The maximum absolute atomic E-state index is 13.3. The second kappa shape index (κ2) is 9.79. The minimum Gasteiger partial charge on any atom is -0.385 e. The number of halogens is 2. The van der Waals surface area contributed by atoms with Crippen LogP contribution in [0, 0.1) is 5.82 Å². The van der Waals surface area contributed by atoms with Gasteiger partial charge < -0.3 is 9.64 Å². The minimum absolute atomic E-state index is 0.0307. The fourth-order valence-corrected chi connectivity index (χ4v) is 4.55. The zero-order valence-corrected chi connectivity index (χ0v) is 17.1. The lowest BCUT2D eigenvalue weighted by molar-refractivity contribution is -0.133. The van der Waals surface area contributed by atoms with Crippen molar-refractivity contribution in [2.45, 2.75) is 11.3 Å². The molecule has 2 rings (SSSR count). The number of methoxy groups -OCH3 is 1. The first-order valence-electron chi connectivity index (χ1n) is 8.66. The first-order chi connectivity index (χ1) is 12.8. The predicted octanol–water partition coefficient (Wildman–Crippen LogP) is 1.28. The lowest BCUT2D eigenvalue weighted by Crippen LogP contribution is -2.52. The van der Waals surface area contributed by atoms with E-state index in [-0.39, 0.29) is 35.5 Å². The molecule has 0 radical (unpaired) electrons. The Morgan fingerprint density at radius 1 is 1.30 bits per heavy atom. The number of benzene rings is 1. The van der Waals surface area contributed by atoms with Gasteiger partial charge in [0, 0.05) is 46.4 Å². The van der Waals surface area contributed by atoms with E-state index in [9.17, 15) is 17.6 Å². The second-order valence-corrected chi connectivity index (χ2v) is 8.79. The van der Waals surface area contributed by atoms with E-state index in [2.05, 4.69) is 0 Å². The third kappa shape index (κ3) is 5.86. The van der Waals surface area contributed by atoms with Gasteiger partial charge in [0.05, 0.1) is 16.5 Å². The number of carbonyl (C=O) groups excluding carboxylic acids is 1. The highest BCUT2D eigenvalue weighted by atomic mass is 35.5. The van der Waals surface area contributed by atoms with E-state index in [1.165, 1.54) is 10.4 Å². The topological polar surface area (TPSA) is 70.2 Å². The van der Waals surface area contributed by atoms with Crippen LogP contribution in [0.3, 0.4) is 0 Å². The summed E-state index contributed by atoms with van der Waals surface area (Å²) in [7, 11) is -0.263. The van der Waals surface area contributed by atoms with Crippen LogP contribution in [0.1, 0.15) is 6.42 Å². The summed E-state index contributed by atoms with van der Waals surface area (Å²) in [5.41, 5.74) is 0. The van der Waals surface area contributed by atoms with E-state index in [1.807, 2.05) is 11.9 Å². The molecule has 1 amide bonds. The van der Waals surface area contributed by atoms with Crippen molar-refractivity contribution in [3.8, 4) is 0 Å². The maximum atomic E-state index is 13.3. The summed E-state index contributed by atoms with van der Waals surface area (Å²) in [5, 5.41) is -0.235. The lowest BCUT2D eigenvalue weighted by Gasteiger charge is -2.34. The van der Waals surface area contributed by atoms with Crippen LogP contribution in [0.5, 0.6) is 0 Å². The molecule has 1 aliphatic heterocycles. The van der Waals surface area contributed by atoms with Gasteiger partial charge >= 0.3 is 0 Å². The molecule has 1 aromatic carbocycles. The molecule has 1 fully saturated rings. The Balaban J connectivity index is 1.90. The molecular weight excluding hydrogens is 397 g/mol. The quantitative estimate of drug-likeness (QED) is 0.591. The summed E-state index contributed by atoms with van der Waals surface area (Å²) in [6.45, 7) is 2.69. The Kier molecular flexibility index (Phi) is 7.99. The molecule has 0 bridgehead atoms. The van der Waals surface area contributed by atoms with Crippen molar-refractivity contribution in [1.82, 2.24) is 14.1 Å². The Morgan fingerprint density at radius 3 is 2.56 bits per heavy atom. The number of sulfonamides is 1. The van der Waals surface area contributed by atoms with Gasteiger partial charge in [0.1, 0.15) is 5.82 Å². The van der Waals surface area contributed by atoms with Gasteiger partial charge in [-0.3, -0.25) is 9.69 Å². The van der Waals surface area contributed by atoms with E-state index >= 15 is 0 Å². The molecule has 0 atom stereocenters. The standard InChI is InChI=1S/C17H25ClFN3O4S/c1-20(6-3-11-26-2)13-17(23)21-7-9-22(10-8-21)27(24,25)14-4-5-16(19)15(18)12-14/h4-5,12H,3,6-11,13H2,1-2H3. The molecule has 0 aromatic heterocycles. The van der Waals surface area contributed by atoms with Crippen molar-refractivity contribution in [3.63, 3.8) is 0 Å². The molecule has 1 aromatic rings. The molecule has 10 heteroatoms. The van der Waals surface area contributed by atoms with E-state index < -0.39 is 15.8 Å². The van der Waals surface area contributed by atoms with Gasteiger partial charge in [-0.05, 0) is 31.7 Å². The monoisotopic (exact) mass is 421 g/mol. The normalized spacial score (nSPS) is 16.1. The van der Waals surface area contributed by atoms with Gasteiger partial charge in [-0.2, -0.15) is 4.31 Å². The van der Waals surface area contributed by atoms with Gasteiger partial charge in [-0.25, -0.2) is 12.8 Å². The largest absolute Gasteiger partial charge is 0.385 e. The molecule has 152 valence electrons. The molecule has 0 spiro atoms. The highest BCUT2D eigenvalue weighted by Crippen LogP contribution is 2.23. The van der Waals surface area contributed by atoms with Gasteiger partial charge in [0.2, 0.25) is 15.9 Å². The third-order valence-electron chi connectivity index (χ3n) is 4.41. The van der Waals surface area contributed by atoms with Crippen molar-refractivity contribution in [1.29, 1.82) is 0 Å². The van der Waals surface area contributed by atoms with Crippen LogP contribution in [-0.4, -0.2) is 88.5 Å². The van der Waals surface area contributed by atoms with Crippen molar-refractivity contribution in [2.75, 3.05) is 60.0 Å². The van der Waals surface area contributed by atoms with E-state index in [1.54, 1.807) is 12.0 Å². The fourth-order valence-electron chi connectivity index (χ4n) is 2.85. The zero-order chi connectivity index (χ0) is 20.0. The van der Waals surface area contributed by atoms with Crippen LogP contribution < -0.4 is 0 Å². The Labute approximate surface area is 164 Å². The summed E-state index contributed by atoms with van der Waals surface area (Å²) in [4.78, 5) is 15.9. The van der Waals surface area contributed by atoms with Crippen molar-refractivity contribution < 1.29 is 22.3 Å². The van der Waals surface area contributed by atoms with Crippen LogP contribution >= 0.6 is 11.6 Å². The summed E-state index contributed by atoms with van der Waals surface area (Å²) >= 11 is 5.69. The molecule has 27 heavy (non-hydrogen) atoms. The number of likely N-dealkylation sites (N-methyl/N-ethyl adjacent to an activating group) is 1. The SMILES string of the molecule is COCCCN(C)CC(=O)N1CCN(S(=O)(=O)c2ccc(F)c(Cl)c2)CC1. The molecule has 0 aliphatic carbocycles. The number of hydrogen-bond acceptors (Lipinski definition) is 5. The van der Waals surface area contributed by atoms with Gasteiger partial charge in [0.25, 0.3) is 0 Å². The summed E-state index contributed by atoms with van der Waals surface area (Å²) < 4.78 is 44.9. The smallest absolute Gasteiger partial charge is 0.243 e. The van der Waals surface area contributed by atoms with Crippen LogP contribution in [-0.2, 0) is 19.6 Å². The molecule has 7 nitrogen and oxygen atoms in total. The predicted molar refractivity (Wildman–Crippen MR) is 101 cm³/mol. The molecule has 1 saturated heterocycles. The number of rotatable bonds is 8. The average Bonchev–Trinajstić information content (AvgIpc) is 2.64. The molecule has 0 N–H and O–H groups in total. The van der Waals surface area contributed by atoms with Crippen molar-refractivity contribution in [2.24, 2.45) is 0 Å². The number of hydrogen-bond donors (Lipinski definition) is 0. The second-order valence-electron chi connectivity index (χ2n) is 6.44. The number of ether oxygens (including phenoxy) is 1. The van der Waals surface area contributed by atoms with Crippen LogP contribution in [0.15, 0.2) is 23.1 Å². The minimum atomic E-state index is -3.77. The summed E-state index contributed by atoms with van der Waals surface area (Å²) in [5.74, 6) is -0.697. The zero-order valence-electron chi connectivity index (χ0n) is 15.5. The van der Waals surface area contributed by atoms with E-state index in [0.717, 1.165) is 25.1 Å². The molecular formula is C17H25ClFN3O4S. The van der Waals surface area contributed by atoms with Crippen molar-refractivity contribution >= 4 is 27.5 Å². The molecule has 1 heterocycles. The van der Waals surface area contributed by atoms with E-state index in [0.29, 0.717) is 19.7 Å². The lowest BCUT2D eigenvalue weighted by atomic mass is 10.3. The molecule has 0 unspecified atom stereocenters. The summed E-state index contributed by atoms with van der Waals surface area (Å²) in [6, 6.07) is 3.34. The number of piperazine rings is 1. The van der Waals surface area contributed by atoms with Crippen molar-refractivity contribution in [3.05, 3.63) is 29.0 Å². The van der Waals surface area contributed by atoms with Gasteiger partial charge in [-0.1, -0.05) is 11.6 Å². The van der Waals surface area contributed by atoms with Gasteiger partial charge in [-0.15, -0.1) is 0 Å². The third-order valence-corrected chi connectivity index (χ3v) is 6.60. The fraction of sp³-hybridized carbons (Fsp3) is 0.588. The number of carbonyl (C=O) groups is 1.